The van der Waals surface area contributed by atoms with Crippen molar-refractivity contribution < 1.29 is 4.39 Å². The van der Waals surface area contributed by atoms with Gasteiger partial charge in [-0.1, -0.05) is 70.0 Å². The first-order chi connectivity index (χ1) is 10.2. The molecule has 0 aliphatic carbocycles. The standard InChI is InChI=1S/C18H11BrClF/c19-17-8-4-3-7-15(17)13-5-1-2-6-14(13)16-10-9-12(20)11-18(16)21/h1-11H. The van der Waals surface area contributed by atoms with E-state index in [1.165, 1.54) is 6.07 Å². The van der Waals surface area contributed by atoms with Gasteiger partial charge in [0.2, 0.25) is 0 Å². The van der Waals surface area contributed by atoms with Crippen LogP contribution >= 0.6 is 27.5 Å². The van der Waals surface area contributed by atoms with Gasteiger partial charge in [-0.15, -0.1) is 0 Å². The Morgan fingerprint density at radius 1 is 0.714 bits per heavy atom. The molecule has 0 N–H and O–H groups in total. The third-order valence-corrected chi connectivity index (χ3v) is 4.24. The van der Waals surface area contributed by atoms with E-state index in [0.717, 1.165) is 21.2 Å². The van der Waals surface area contributed by atoms with Gasteiger partial charge < -0.3 is 0 Å². The highest BCUT2D eigenvalue weighted by molar-refractivity contribution is 9.10. The molecule has 3 aromatic rings. The van der Waals surface area contributed by atoms with E-state index < -0.39 is 0 Å². The SMILES string of the molecule is Fc1cc(Cl)ccc1-c1ccccc1-c1ccccc1Br. The van der Waals surface area contributed by atoms with Crippen LogP contribution in [0.15, 0.2) is 71.2 Å². The quantitative estimate of drug-likeness (QED) is 0.484. The van der Waals surface area contributed by atoms with Gasteiger partial charge in [-0.2, -0.15) is 0 Å². The van der Waals surface area contributed by atoms with Crippen LogP contribution in [0.4, 0.5) is 4.39 Å². The third kappa shape index (κ3) is 2.87. The third-order valence-electron chi connectivity index (χ3n) is 3.31. The molecule has 104 valence electrons. The Morgan fingerprint density at radius 3 is 1.90 bits per heavy atom. The summed E-state index contributed by atoms with van der Waals surface area (Å²) in [6.07, 6.45) is 0. The highest BCUT2D eigenvalue weighted by atomic mass is 79.9. The zero-order valence-electron chi connectivity index (χ0n) is 11.0. The van der Waals surface area contributed by atoms with Crippen LogP contribution in [0.1, 0.15) is 0 Å². The molecule has 0 aliphatic heterocycles. The van der Waals surface area contributed by atoms with Gasteiger partial charge in [0.05, 0.1) is 0 Å². The van der Waals surface area contributed by atoms with E-state index in [2.05, 4.69) is 15.9 Å². The Morgan fingerprint density at radius 2 is 1.29 bits per heavy atom. The van der Waals surface area contributed by atoms with Crippen LogP contribution in [-0.4, -0.2) is 0 Å². The van der Waals surface area contributed by atoms with E-state index in [-0.39, 0.29) is 5.82 Å². The first kappa shape index (κ1) is 14.3. The van der Waals surface area contributed by atoms with Crippen molar-refractivity contribution in [2.75, 3.05) is 0 Å². The van der Waals surface area contributed by atoms with Crippen LogP contribution in [0.2, 0.25) is 5.02 Å². The maximum atomic E-state index is 14.2. The van der Waals surface area contributed by atoms with E-state index in [9.17, 15) is 4.39 Å². The molecule has 0 atom stereocenters. The Balaban J connectivity index is 2.24. The largest absolute Gasteiger partial charge is 0.206 e. The molecule has 0 saturated heterocycles. The summed E-state index contributed by atoms with van der Waals surface area (Å²) in [6, 6.07) is 20.4. The van der Waals surface area contributed by atoms with Crippen LogP contribution in [0, 0.1) is 5.82 Å². The monoisotopic (exact) mass is 360 g/mol. The van der Waals surface area contributed by atoms with Crippen LogP contribution in [0.5, 0.6) is 0 Å². The highest BCUT2D eigenvalue weighted by Gasteiger charge is 2.12. The van der Waals surface area contributed by atoms with Crippen molar-refractivity contribution in [1.82, 2.24) is 0 Å². The van der Waals surface area contributed by atoms with Crippen molar-refractivity contribution in [1.29, 1.82) is 0 Å². The second-order valence-electron chi connectivity index (χ2n) is 4.65. The second kappa shape index (κ2) is 6.00. The summed E-state index contributed by atoms with van der Waals surface area (Å²) < 4.78 is 15.2. The summed E-state index contributed by atoms with van der Waals surface area (Å²) >= 11 is 9.39. The van der Waals surface area contributed by atoms with Gasteiger partial charge in [0.25, 0.3) is 0 Å². The summed E-state index contributed by atoms with van der Waals surface area (Å²) in [7, 11) is 0. The number of hydrogen-bond donors (Lipinski definition) is 0. The van der Waals surface area contributed by atoms with Crippen LogP contribution in [0.3, 0.4) is 0 Å². The molecule has 0 heterocycles. The predicted molar refractivity (Wildman–Crippen MR) is 90.0 cm³/mol. The van der Waals surface area contributed by atoms with Gasteiger partial charge in [0.15, 0.2) is 0 Å². The first-order valence-electron chi connectivity index (χ1n) is 6.46. The minimum absolute atomic E-state index is 0.318. The van der Waals surface area contributed by atoms with E-state index >= 15 is 0 Å². The molecule has 0 fully saturated rings. The molecule has 3 aromatic carbocycles. The van der Waals surface area contributed by atoms with Crippen molar-refractivity contribution in [3.63, 3.8) is 0 Å². The predicted octanol–water partition coefficient (Wildman–Crippen LogP) is 6.58. The molecular formula is C18H11BrClF. The molecule has 0 aliphatic rings. The summed E-state index contributed by atoms with van der Waals surface area (Å²) in [4.78, 5) is 0. The minimum Gasteiger partial charge on any atom is -0.206 e. The number of hydrogen-bond acceptors (Lipinski definition) is 0. The van der Waals surface area contributed by atoms with Crippen molar-refractivity contribution in [3.8, 4) is 22.3 Å². The Hall–Kier alpha value is -1.64. The van der Waals surface area contributed by atoms with Crippen LogP contribution in [-0.2, 0) is 0 Å². The lowest BCUT2D eigenvalue weighted by Crippen LogP contribution is -1.89. The smallest absolute Gasteiger partial charge is 0.132 e. The topological polar surface area (TPSA) is 0 Å². The fraction of sp³-hybridized carbons (Fsp3) is 0. The van der Waals surface area contributed by atoms with E-state index in [1.807, 2.05) is 48.5 Å². The van der Waals surface area contributed by atoms with Crippen molar-refractivity contribution >= 4 is 27.5 Å². The van der Waals surface area contributed by atoms with Crippen molar-refractivity contribution in [2.24, 2.45) is 0 Å². The van der Waals surface area contributed by atoms with Crippen LogP contribution in [0.25, 0.3) is 22.3 Å². The maximum Gasteiger partial charge on any atom is 0.132 e. The molecule has 0 unspecified atom stereocenters. The van der Waals surface area contributed by atoms with Gasteiger partial charge in [0.1, 0.15) is 5.82 Å². The lowest BCUT2D eigenvalue weighted by Gasteiger charge is -2.12. The van der Waals surface area contributed by atoms with Gasteiger partial charge in [-0.25, -0.2) is 4.39 Å². The molecule has 0 saturated carbocycles. The van der Waals surface area contributed by atoms with Gasteiger partial charge in [-0.3, -0.25) is 0 Å². The van der Waals surface area contributed by atoms with Gasteiger partial charge >= 0.3 is 0 Å². The lowest BCUT2D eigenvalue weighted by molar-refractivity contribution is 0.631. The zero-order valence-corrected chi connectivity index (χ0v) is 13.3. The molecule has 3 heteroatoms. The van der Waals surface area contributed by atoms with Crippen molar-refractivity contribution in [2.45, 2.75) is 0 Å². The molecule has 3 rings (SSSR count). The van der Waals surface area contributed by atoms with Gasteiger partial charge in [0, 0.05) is 15.1 Å². The van der Waals surface area contributed by atoms with E-state index in [1.54, 1.807) is 12.1 Å². The molecule has 0 bridgehead atoms. The molecule has 0 nitrogen and oxygen atoms in total. The fourth-order valence-corrected chi connectivity index (χ4v) is 3.00. The average molecular weight is 362 g/mol. The Kier molecular flexibility index (Phi) is 4.09. The molecular weight excluding hydrogens is 351 g/mol. The number of halogens is 3. The summed E-state index contributed by atoms with van der Waals surface area (Å²) in [5, 5.41) is 0.398. The number of rotatable bonds is 2. The van der Waals surface area contributed by atoms with E-state index in [0.29, 0.717) is 10.6 Å². The molecule has 0 aromatic heterocycles. The average Bonchev–Trinajstić information content (AvgIpc) is 2.48. The molecule has 0 radical (unpaired) electrons. The summed E-state index contributed by atoms with van der Waals surface area (Å²) in [6.45, 7) is 0. The molecule has 21 heavy (non-hydrogen) atoms. The highest BCUT2D eigenvalue weighted by Crippen LogP contribution is 2.37. The molecule has 0 spiro atoms. The number of benzene rings is 3. The van der Waals surface area contributed by atoms with Crippen molar-refractivity contribution in [3.05, 3.63) is 82.0 Å². The Labute approximate surface area is 136 Å². The van der Waals surface area contributed by atoms with Crippen LogP contribution < -0.4 is 0 Å². The summed E-state index contributed by atoms with van der Waals surface area (Å²) in [5.74, 6) is -0.318. The maximum absolute atomic E-state index is 14.2. The fourth-order valence-electron chi connectivity index (χ4n) is 2.34. The van der Waals surface area contributed by atoms with E-state index in [4.69, 9.17) is 11.6 Å². The zero-order chi connectivity index (χ0) is 14.8. The Bertz CT molecular complexity index is 799. The molecule has 0 amide bonds. The van der Waals surface area contributed by atoms with Gasteiger partial charge in [-0.05, 0) is 41.0 Å². The first-order valence-corrected chi connectivity index (χ1v) is 7.63. The second-order valence-corrected chi connectivity index (χ2v) is 5.94. The summed E-state index contributed by atoms with van der Waals surface area (Å²) in [5.41, 5.74) is 3.40. The minimum atomic E-state index is -0.318. The lowest BCUT2D eigenvalue weighted by atomic mass is 9.94. The normalized spacial score (nSPS) is 10.6.